The Morgan fingerprint density at radius 1 is 1.23 bits per heavy atom. The molecule has 4 nitrogen and oxygen atoms in total. The molecule has 2 N–H and O–H groups in total. The first-order chi connectivity index (χ1) is 10.3. The molecule has 1 aromatic carbocycles. The van der Waals surface area contributed by atoms with Gasteiger partial charge in [0.1, 0.15) is 5.60 Å². The molecule has 22 heavy (non-hydrogen) atoms. The van der Waals surface area contributed by atoms with Gasteiger partial charge in [-0.3, -0.25) is 5.32 Å². The van der Waals surface area contributed by atoms with Crippen molar-refractivity contribution in [2.75, 3.05) is 11.9 Å². The maximum Gasteiger partial charge on any atom is 0.412 e. The van der Waals surface area contributed by atoms with E-state index in [2.05, 4.69) is 24.5 Å². The Labute approximate surface area is 134 Å². The number of benzene rings is 1. The summed E-state index contributed by atoms with van der Waals surface area (Å²) in [6, 6.07) is 7.83. The van der Waals surface area contributed by atoms with Crippen molar-refractivity contribution >= 4 is 11.8 Å². The Bertz CT molecular complexity index is 449. The Morgan fingerprint density at radius 2 is 1.86 bits per heavy atom. The lowest BCUT2D eigenvalue weighted by molar-refractivity contribution is 0.0636. The molecule has 1 rings (SSSR count). The molecular formula is C18H30N2O2. The SMILES string of the molecule is CCCC(C)CNCc1ccc(NC(=O)OC(C)(C)C)cc1. The Kier molecular flexibility index (Phi) is 7.39. The van der Waals surface area contributed by atoms with Crippen molar-refractivity contribution in [3.63, 3.8) is 0 Å². The van der Waals surface area contributed by atoms with Gasteiger partial charge in [-0.15, -0.1) is 0 Å². The summed E-state index contributed by atoms with van der Waals surface area (Å²) in [7, 11) is 0. The fraction of sp³-hybridized carbons (Fsp3) is 0.611. The Hall–Kier alpha value is -1.55. The number of anilines is 1. The summed E-state index contributed by atoms with van der Waals surface area (Å²) in [5, 5.41) is 6.20. The molecular weight excluding hydrogens is 276 g/mol. The van der Waals surface area contributed by atoms with Gasteiger partial charge in [-0.25, -0.2) is 4.79 Å². The van der Waals surface area contributed by atoms with Gasteiger partial charge in [0, 0.05) is 12.2 Å². The summed E-state index contributed by atoms with van der Waals surface area (Å²) in [5.74, 6) is 0.707. The predicted octanol–water partition coefficient (Wildman–Crippen LogP) is 4.56. The highest BCUT2D eigenvalue weighted by atomic mass is 16.6. The van der Waals surface area contributed by atoms with Crippen LogP contribution in [0.3, 0.4) is 0 Å². The number of nitrogens with one attached hydrogen (secondary N) is 2. The molecule has 1 aromatic rings. The van der Waals surface area contributed by atoms with Crippen LogP contribution in [-0.2, 0) is 11.3 Å². The smallest absolute Gasteiger partial charge is 0.412 e. The molecule has 0 saturated heterocycles. The minimum Gasteiger partial charge on any atom is -0.444 e. The lowest BCUT2D eigenvalue weighted by Gasteiger charge is -2.19. The van der Waals surface area contributed by atoms with Crippen molar-refractivity contribution in [2.45, 2.75) is 59.6 Å². The van der Waals surface area contributed by atoms with Gasteiger partial charge in [-0.1, -0.05) is 32.4 Å². The molecule has 0 aliphatic heterocycles. The van der Waals surface area contributed by atoms with Crippen LogP contribution in [0.5, 0.6) is 0 Å². The van der Waals surface area contributed by atoms with Crippen LogP contribution in [0.2, 0.25) is 0 Å². The molecule has 0 bridgehead atoms. The number of amides is 1. The molecule has 124 valence electrons. The zero-order valence-corrected chi connectivity index (χ0v) is 14.5. The summed E-state index contributed by atoms with van der Waals surface area (Å²) < 4.78 is 5.22. The number of hydrogen-bond acceptors (Lipinski definition) is 3. The molecule has 0 heterocycles. The third-order valence-electron chi connectivity index (χ3n) is 3.20. The van der Waals surface area contributed by atoms with Crippen LogP contribution in [-0.4, -0.2) is 18.2 Å². The lowest BCUT2D eigenvalue weighted by atomic mass is 10.1. The molecule has 0 aromatic heterocycles. The maximum atomic E-state index is 11.7. The molecule has 1 atom stereocenters. The third-order valence-corrected chi connectivity index (χ3v) is 3.20. The molecule has 0 fully saturated rings. The van der Waals surface area contributed by atoms with E-state index in [1.165, 1.54) is 18.4 Å². The summed E-state index contributed by atoms with van der Waals surface area (Å²) in [5.41, 5.74) is 1.47. The van der Waals surface area contributed by atoms with Crippen LogP contribution in [0, 0.1) is 5.92 Å². The molecule has 0 aliphatic carbocycles. The van der Waals surface area contributed by atoms with Crippen LogP contribution in [0.25, 0.3) is 0 Å². The van der Waals surface area contributed by atoms with Crippen molar-refractivity contribution < 1.29 is 9.53 Å². The fourth-order valence-electron chi connectivity index (χ4n) is 2.19. The van der Waals surface area contributed by atoms with Crippen LogP contribution in [0.4, 0.5) is 10.5 Å². The minimum absolute atomic E-state index is 0.424. The van der Waals surface area contributed by atoms with E-state index < -0.39 is 11.7 Å². The lowest BCUT2D eigenvalue weighted by Crippen LogP contribution is -2.27. The van der Waals surface area contributed by atoms with Crippen LogP contribution in [0.15, 0.2) is 24.3 Å². The molecule has 0 spiro atoms. The second-order valence-corrected chi connectivity index (χ2v) is 6.85. The summed E-state index contributed by atoms with van der Waals surface area (Å²) in [4.78, 5) is 11.7. The number of carbonyl (C=O) groups is 1. The average molecular weight is 306 g/mol. The van der Waals surface area contributed by atoms with Gasteiger partial charge in [0.05, 0.1) is 0 Å². The quantitative estimate of drug-likeness (QED) is 0.776. The minimum atomic E-state index is -0.483. The maximum absolute atomic E-state index is 11.7. The van der Waals surface area contributed by atoms with Crippen molar-refractivity contribution in [3.05, 3.63) is 29.8 Å². The average Bonchev–Trinajstić information content (AvgIpc) is 2.39. The van der Waals surface area contributed by atoms with Crippen molar-refractivity contribution in [3.8, 4) is 0 Å². The van der Waals surface area contributed by atoms with Gasteiger partial charge in [0.2, 0.25) is 0 Å². The molecule has 1 unspecified atom stereocenters. The molecule has 0 saturated carbocycles. The van der Waals surface area contributed by atoms with Gasteiger partial charge in [-0.05, 0) is 57.4 Å². The van der Waals surface area contributed by atoms with Crippen LogP contribution >= 0.6 is 0 Å². The van der Waals surface area contributed by atoms with Gasteiger partial charge in [-0.2, -0.15) is 0 Å². The van der Waals surface area contributed by atoms with Crippen LogP contribution < -0.4 is 10.6 Å². The van der Waals surface area contributed by atoms with Crippen molar-refractivity contribution in [1.82, 2.24) is 5.32 Å². The second-order valence-electron chi connectivity index (χ2n) is 6.85. The monoisotopic (exact) mass is 306 g/mol. The van der Waals surface area contributed by atoms with Crippen molar-refractivity contribution in [1.29, 1.82) is 0 Å². The van der Waals surface area contributed by atoms with Gasteiger partial charge >= 0.3 is 6.09 Å². The molecule has 0 aliphatic rings. The first kappa shape index (κ1) is 18.5. The topological polar surface area (TPSA) is 50.4 Å². The molecule has 1 amide bonds. The predicted molar refractivity (Wildman–Crippen MR) is 92.1 cm³/mol. The Balaban J connectivity index is 2.38. The van der Waals surface area contributed by atoms with Gasteiger partial charge in [0.25, 0.3) is 0 Å². The van der Waals surface area contributed by atoms with E-state index in [0.29, 0.717) is 5.92 Å². The normalized spacial score (nSPS) is 12.8. The third kappa shape index (κ3) is 8.03. The van der Waals surface area contributed by atoms with E-state index in [1.807, 2.05) is 45.0 Å². The summed E-state index contributed by atoms with van der Waals surface area (Å²) in [6.45, 7) is 11.9. The zero-order valence-electron chi connectivity index (χ0n) is 14.5. The fourth-order valence-corrected chi connectivity index (χ4v) is 2.19. The van der Waals surface area contributed by atoms with Crippen molar-refractivity contribution in [2.24, 2.45) is 5.92 Å². The van der Waals surface area contributed by atoms with Gasteiger partial charge in [0.15, 0.2) is 0 Å². The zero-order chi connectivity index (χ0) is 16.6. The molecule has 4 heteroatoms. The van der Waals surface area contributed by atoms with E-state index in [4.69, 9.17) is 4.74 Å². The van der Waals surface area contributed by atoms with E-state index in [1.54, 1.807) is 0 Å². The van der Waals surface area contributed by atoms with Gasteiger partial charge < -0.3 is 10.1 Å². The number of rotatable bonds is 7. The largest absolute Gasteiger partial charge is 0.444 e. The highest BCUT2D eigenvalue weighted by molar-refractivity contribution is 5.84. The van der Waals surface area contributed by atoms with E-state index in [0.717, 1.165) is 18.8 Å². The standard InChI is InChI=1S/C18H30N2O2/c1-6-7-14(2)12-19-13-15-8-10-16(11-9-15)20-17(21)22-18(3,4)5/h8-11,14,19H,6-7,12-13H2,1-5H3,(H,20,21). The Morgan fingerprint density at radius 3 is 2.41 bits per heavy atom. The highest BCUT2D eigenvalue weighted by Gasteiger charge is 2.15. The molecule has 0 radical (unpaired) electrons. The number of hydrogen-bond donors (Lipinski definition) is 2. The highest BCUT2D eigenvalue weighted by Crippen LogP contribution is 2.13. The summed E-state index contributed by atoms with van der Waals surface area (Å²) in [6.07, 6.45) is 2.06. The van der Waals surface area contributed by atoms with Crippen LogP contribution in [0.1, 0.15) is 53.0 Å². The van der Waals surface area contributed by atoms with E-state index >= 15 is 0 Å². The van der Waals surface area contributed by atoms with E-state index in [-0.39, 0.29) is 0 Å². The number of carbonyl (C=O) groups excluding carboxylic acids is 1. The summed E-state index contributed by atoms with van der Waals surface area (Å²) >= 11 is 0. The first-order valence-electron chi connectivity index (χ1n) is 8.10. The second kappa shape index (κ2) is 8.79. The number of ether oxygens (including phenoxy) is 1. The van der Waals surface area contributed by atoms with E-state index in [9.17, 15) is 4.79 Å². The first-order valence-corrected chi connectivity index (χ1v) is 8.10.